The van der Waals surface area contributed by atoms with Crippen molar-refractivity contribution in [1.82, 2.24) is 14.9 Å². The third-order valence-electron chi connectivity index (χ3n) is 2.88. The van der Waals surface area contributed by atoms with Gasteiger partial charge in [-0.15, -0.1) is 0 Å². The average Bonchev–Trinajstić information content (AvgIpc) is 2.49. The number of carbonyl (C=O) groups is 1. The molecule has 0 saturated heterocycles. The zero-order chi connectivity index (χ0) is 14.4. The molecule has 0 N–H and O–H groups in total. The van der Waals surface area contributed by atoms with Crippen LogP contribution in [-0.4, -0.2) is 33.9 Å². The first kappa shape index (κ1) is 14.0. The molecule has 0 aliphatic heterocycles. The average molecular weight is 271 g/mol. The molecule has 0 spiro atoms. The number of ether oxygens (including phenoxy) is 1. The first-order valence-corrected chi connectivity index (χ1v) is 6.58. The van der Waals surface area contributed by atoms with Gasteiger partial charge in [-0.2, -0.15) is 0 Å². The summed E-state index contributed by atoms with van der Waals surface area (Å²) >= 11 is 0. The molecule has 2 aromatic rings. The molecule has 0 aliphatic rings. The van der Waals surface area contributed by atoms with E-state index in [1.54, 1.807) is 47.6 Å². The van der Waals surface area contributed by atoms with Crippen molar-refractivity contribution >= 4 is 5.91 Å². The molecule has 5 heteroatoms. The molecule has 0 radical (unpaired) electrons. The van der Waals surface area contributed by atoms with Crippen molar-refractivity contribution in [2.75, 3.05) is 13.1 Å². The lowest BCUT2D eigenvalue weighted by atomic mass is 10.2. The van der Waals surface area contributed by atoms with Crippen LogP contribution in [0, 0.1) is 0 Å². The summed E-state index contributed by atoms with van der Waals surface area (Å²) in [7, 11) is 0. The first-order chi connectivity index (χ1) is 9.74. The van der Waals surface area contributed by atoms with E-state index in [1.807, 2.05) is 13.8 Å². The van der Waals surface area contributed by atoms with Gasteiger partial charge in [-0.1, -0.05) is 6.07 Å². The van der Waals surface area contributed by atoms with Crippen molar-refractivity contribution in [1.29, 1.82) is 0 Å². The molecule has 0 unspecified atom stereocenters. The van der Waals surface area contributed by atoms with Crippen LogP contribution in [0.15, 0.2) is 42.7 Å². The highest BCUT2D eigenvalue weighted by Crippen LogP contribution is 2.19. The Balaban J connectivity index is 2.18. The Kier molecular flexibility index (Phi) is 4.65. The summed E-state index contributed by atoms with van der Waals surface area (Å²) in [6.45, 7) is 5.28. The molecule has 2 rings (SSSR count). The Labute approximate surface area is 118 Å². The minimum atomic E-state index is -0.00516. The number of aromatic nitrogens is 2. The number of amides is 1. The van der Waals surface area contributed by atoms with E-state index in [0.29, 0.717) is 24.4 Å². The molecule has 0 saturated carbocycles. The quantitative estimate of drug-likeness (QED) is 0.839. The Morgan fingerprint density at radius 3 is 2.50 bits per heavy atom. The summed E-state index contributed by atoms with van der Waals surface area (Å²) in [6.07, 6.45) is 3.21. The molecule has 1 aromatic heterocycles. The van der Waals surface area contributed by atoms with Gasteiger partial charge in [0.15, 0.2) is 0 Å². The summed E-state index contributed by atoms with van der Waals surface area (Å²) in [4.78, 5) is 22.0. The molecule has 1 aromatic carbocycles. The van der Waals surface area contributed by atoms with E-state index in [-0.39, 0.29) is 11.9 Å². The number of rotatable bonds is 5. The van der Waals surface area contributed by atoms with Gasteiger partial charge in [0.25, 0.3) is 5.91 Å². The van der Waals surface area contributed by atoms with Crippen molar-refractivity contribution in [2.24, 2.45) is 0 Å². The van der Waals surface area contributed by atoms with E-state index in [2.05, 4.69) is 9.97 Å². The summed E-state index contributed by atoms with van der Waals surface area (Å²) in [5.74, 6) is 0.545. The predicted molar refractivity (Wildman–Crippen MR) is 75.8 cm³/mol. The second-order valence-electron chi connectivity index (χ2n) is 4.14. The predicted octanol–water partition coefficient (Wildman–Crippen LogP) is 2.75. The van der Waals surface area contributed by atoms with Crippen molar-refractivity contribution in [3.05, 3.63) is 48.3 Å². The van der Waals surface area contributed by atoms with E-state index in [1.165, 1.54) is 0 Å². The minimum Gasteiger partial charge on any atom is -0.424 e. The van der Waals surface area contributed by atoms with Crippen LogP contribution < -0.4 is 4.74 Å². The molecule has 1 heterocycles. The van der Waals surface area contributed by atoms with Crippen LogP contribution in [-0.2, 0) is 0 Å². The summed E-state index contributed by atoms with van der Waals surface area (Å²) in [6, 6.07) is 9.02. The largest absolute Gasteiger partial charge is 0.424 e. The minimum absolute atomic E-state index is 0.00516. The van der Waals surface area contributed by atoms with Gasteiger partial charge in [0.1, 0.15) is 5.75 Å². The number of nitrogens with zero attached hydrogens (tertiary/aromatic N) is 3. The Morgan fingerprint density at radius 2 is 1.85 bits per heavy atom. The highest BCUT2D eigenvalue weighted by Gasteiger charge is 2.13. The third kappa shape index (κ3) is 3.32. The van der Waals surface area contributed by atoms with Gasteiger partial charge in [0.05, 0.1) is 0 Å². The fourth-order valence-electron chi connectivity index (χ4n) is 1.83. The zero-order valence-corrected chi connectivity index (χ0v) is 11.6. The maximum atomic E-state index is 12.3. The maximum Gasteiger partial charge on any atom is 0.321 e. The second kappa shape index (κ2) is 6.65. The van der Waals surface area contributed by atoms with Crippen LogP contribution in [0.25, 0.3) is 0 Å². The van der Waals surface area contributed by atoms with Crippen LogP contribution in [0.4, 0.5) is 0 Å². The van der Waals surface area contributed by atoms with Gasteiger partial charge in [-0.05, 0) is 38.1 Å². The molecule has 0 aliphatic carbocycles. The lowest BCUT2D eigenvalue weighted by molar-refractivity contribution is 0.0772. The molecule has 5 nitrogen and oxygen atoms in total. The molecule has 104 valence electrons. The van der Waals surface area contributed by atoms with Gasteiger partial charge >= 0.3 is 6.01 Å². The van der Waals surface area contributed by atoms with E-state index < -0.39 is 0 Å². The summed E-state index contributed by atoms with van der Waals surface area (Å²) < 4.78 is 5.52. The Bertz CT molecular complexity index is 568. The van der Waals surface area contributed by atoms with Crippen LogP contribution in [0.3, 0.4) is 0 Å². The van der Waals surface area contributed by atoms with Crippen molar-refractivity contribution in [3.63, 3.8) is 0 Å². The molecule has 20 heavy (non-hydrogen) atoms. The van der Waals surface area contributed by atoms with Gasteiger partial charge < -0.3 is 9.64 Å². The fraction of sp³-hybridized carbons (Fsp3) is 0.267. The smallest absolute Gasteiger partial charge is 0.321 e. The van der Waals surface area contributed by atoms with Crippen molar-refractivity contribution < 1.29 is 9.53 Å². The zero-order valence-electron chi connectivity index (χ0n) is 11.6. The van der Waals surface area contributed by atoms with E-state index in [9.17, 15) is 4.79 Å². The maximum absolute atomic E-state index is 12.3. The fourth-order valence-corrected chi connectivity index (χ4v) is 1.83. The van der Waals surface area contributed by atoms with Crippen molar-refractivity contribution in [3.8, 4) is 11.8 Å². The number of benzene rings is 1. The highest BCUT2D eigenvalue weighted by molar-refractivity contribution is 5.94. The normalized spacial score (nSPS) is 10.1. The number of carbonyl (C=O) groups excluding carboxylic acids is 1. The van der Waals surface area contributed by atoms with Gasteiger partial charge in [-0.3, -0.25) is 4.79 Å². The molecule has 0 bridgehead atoms. The Morgan fingerprint density at radius 1 is 1.15 bits per heavy atom. The topological polar surface area (TPSA) is 55.3 Å². The monoisotopic (exact) mass is 271 g/mol. The van der Waals surface area contributed by atoms with Crippen LogP contribution in [0.2, 0.25) is 0 Å². The molecular weight excluding hydrogens is 254 g/mol. The lowest BCUT2D eigenvalue weighted by Gasteiger charge is -2.18. The molecule has 0 fully saturated rings. The van der Waals surface area contributed by atoms with Gasteiger partial charge in [-0.25, -0.2) is 9.97 Å². The van der Waals surface area contributed by atoms with Crippen LogP contribution in [0.5, 0.6) is 11.8 Å². The van der Waals surface area contributed by atoms with Gasteiger partial charge in [0, 0.05) is 31.0 Å². The van der Waals surface area contributed by atoms with Crippen LogP contribution in [0.1, 0.15) is 24.2 Å². The SMILES string of the molecule is CCN(CC)C(=O)c1cccc(Oc2ncccn2)c1. The van der Waals surface area contributed by atoms with Gasteiger partial charge in [0.2, 0.25) is 0 Å². The van der Waals surface area contributed by atoms with E-state index in [0.717, 1.165) is 0 Å². The highest BCUT2D eigenvalue weighted by atomic mass is 16.5. The van der Waals surface area contributed by atoms with Crippen LogP contribution >= 0.6 is 0 Å². The third-order valence-corrected chi connectivity index (χ3v) is 2.88. The molecule has 1 amide bonds. The summed E-state index contributed by atoms with van der Waals surface area (Å²) in [5, 5.41) is 0. The molecular formula is C15H17N3O2. The molecule has 0 atom stereocenters. The lowest BCUT2D eigenvalue weighted by Crippen LogP contribution is -2.30. The number of hydrogen-bond acceptors (Lipinski definition) is 4. The standard InChI is InChI=1S/C15H17N3O2/c1-3-18(4-2)14(19)12-7-5-8-13(11-12)20-15-16-9-6-10-17-15/h5-11H,3-4H2,1-2H3. The van der Waals surface area contributed by atoms with E-state index in [4.69, 9.17) is 4.74 Å². The Hall–Kier alpha value is -2.43. The number of hydrogen-bond donors (Lipinski definition) is 0. The summed E-state index contributed by atoms with van der Waals surface area (Å²) in [5.41, 5.74) is 0.599. The second-order valence-corrected chi connectivity index (χ2v) is 4.14. The first-order valence-electron chi connectivity index (χ1n) is 6.58. The van der Waals surface area contributed by atoms with E-state index >= 15 is 0 Å². The van der Waals surface area contributed by atoms with Crippen molar-refractivity contribution in [2.45, 2.75) is 13.8 Å².